The number of thioether (sulfide) groups is 1. The first kappa shape index (κ1) is 41.6. The van der Waals surface area contributed by atoms with Crippen LogP contribution in [0.1, 0.15) is 53.8 Å². The van der Waals surface area contributed by atoms with E-state index in [1.165, 1.54) is 36.9 Å². The summed E-state index contributed by atoms with van der Waals surface area (Å²) in [4.78, 5) is 61.5. The number of carbonyl (C=O) groups excluding carboxylic acids is 3. The smallest absolute Gasteiger partial charge is 0.223 e. The van der Waals surface area contributed by atoms with Gasteiger partial charge in [-0.1, -0.05) is 29.4 Å². The molecule has 2 atom stereocenters. The van der Waals surface area contributed by atoms with Gasteiger partial charge in [0.25, 0.3) is 0 Å². The first-order valence-electron chi connectivity index (χ1n) is 19.0. The zero-order valence-electron chi connectivity index (χ0n) is 32.0. The number of aromatic amines is 2. The molecule has 2 unspecified atom stereocenters. The number of amides is 2. The number of aromatic nitrogens is 6. The monoisotopic (exact) mass is 869 g/mol. The van der Waals surface area contributed by atoms with Crippen LogP contribution in [0.4, 0.5) is 11.5 Å². The van der Waals surface area contributed by atoms with Crippen LogP contribution in [-0.2, 0) is 66.2 Å². The number of aryl methyl sites for hydroxylation is 2. The lowest BCUT2D eigenvalue weighted by Gasteiger charge is -2.22. The summed E-state index contributed by atoms with van der Waals surface area (Å²) in [5, 5.41) is 11.3. The molecule has 0 spiro atoms. The highest BCUT2D eigenvalue weighted by molar-refractivity contribution is 8.14. The Hall–Kier alpha value is -4.59. The zero-order valence-corrected chi connectivity index (χ0v) is 35.2. The minimum absolute atomic E-state index is 0.0449. The maximum absolute atomic E-state index is 12.8. The lowest BCUT2D eigenvalue weighted by atomic mass is 9.86. The lowest BCUT2D eigenvalue weighted by molar-refractivity contribution is -0.126. The number of hydrogen-bond acceptors (Lipinski definition) is 13. The number of nitrogens with one attached hydrogen (secondary N) is 5. The predicted octanol–water partition coefficient (Wildman–Crippen LogP) is 3.80. The maximum atomic E-state index is 12.8. The first-order valence-corrected chi connectivity index (χ1v) is 24.3. The van der Waals surface area contributed by atoms with Crippen molar-refractivity contribution in [1.29, 1.82) is 0 Å². The second-order valence-electron chi connectivity index (χ2n) is 15.0. The van der Waals surface area contributed by atoms with E-state index in [2.05, 4.69) is 45.9 Å². The van der Waals surface area contributed by atoms with Gasteiger partial charge in [0.1, 0.15) is 54.6 Å². The van der Waals surface area contributed by atoms with Crippen LogP contribution in [0.25, 0.3) is 22.1 Å². The molecule has 1 aliphatic heterocycles. The number of fused-ring (bicyclic) bond motifs is 7. The van der Waals surface area contributed by atoms with Crippen LogP contribution in [0, 0.1) is 11.8 Å². The van der Waals surface area contributed by atoms with Crippen LogP contribution in [0.3, 0.4) is 0 Å². The summed E-state index contributed by atoms with van der Waals surface area (Å²) in [6.07, 6.45) is 10.7. The fourth-order valence-electron chi connectivity index (χ4n) is 7.69. The van der Waals surface area contributed by atoms with Gasteiger partial charge in [0, 0.05) is 65.8 Å². The molecule has 5 heterocycles. The first-order chi connectivity index (χ1) is 27.6. The third kappa shape index (κ3) is 9.98. The fraction of sp³-hybridized carbons (Fsp3) is 0.447. The Kier molecular flexibility index (Phi) is 12.4. The van der Waals surface area contributed by atoms with Gasteiger partial charge in [0.15, 0.2) is 5.12 Å². The Morgan fingerprint density at radius 3 is 1.95 bits per heavy atom. The summed E-state index contributed by atoms with van der Waals surface area (Å²) in [6.45, 7) is 0.713. The predicted molar refractivity (Wildman–Crippen MR) is 223 cm³/mol. The van der Waals surface area contributed by atoms with Crippen molar-refractivity contribution in [3.8, 4) is 0 Å². The van der Waals surface area contributed by atoms with Crippen molar-refractivity contribution in [1.82, 2.24) is 40.5 Å². The molecule has 58 heavy (non-hydrogen) atoms. The van der Waals surface area contributed by atoms with Gasteiger partial charge in [-0.3, -0.25) is 14.4 Å². The highest BCUT2D eigenvalue weighted by atomic mass is 35.5. The molecule has 0 fully saturated rings. The van der Waals surface area contributed by atoms with Crippen molar-refractivity contribution in [2.75, 3.05) is 42.4 Å². The van der Waals surface area contributed by atoms with Crippen molar-refractivity contribution in [2.45, 2.75) is 62.7 Å². The number of carbonyl (C=O) groups is 3. The van der Waals surface area contributed by atoms with Gasteiger partial charge in [0.05, 0.1) is 22.3 Å². The van der Waals surface area contributed by atoms with E-state index in [4.69, 9.17) is 11.6 Å². The Bertz CT molecular complexity index is 2630. The van der Waals surface area contributed by atoms with E-state index in [1.54, 1.807) is 0 Å². The number of nitrogens with zero attached hydrogens (tertiary/aromatic N) is 4. The van der Waals surface area contributed by atoms with Gasteiger partial charge in [-0.25, -0.2) is 36.8 Å². The number of anilines is 2. The zero-order chi connectivity index (χ0) is 41.2. The van der Waals surface area contributed by atoms with Gasteiger partial charge >= 0.3 is 0 Å². The minimum Gasteiger partial charge on any atom is -0.356 e. The molecule has 2 aliphatic carbocycles. The Morgan fingerprint density at radius 2 is 1.36 bits per heavy atom. The molecule has 308 valence electrons. The van der Waals surface area contributed by atoms with Crippen LogP contribution in [0.5, 0.6) is 0 Å². The second-order valence-corrected chi connectivity index (χ2v) is 21.0. The molecular weight excluding hydrogens is 826 g/mol. The van der Waals surface area contributed by atoms with Crippen molar-refractivity contribution in [2.24, 2.45) is 11.8 Å². The average molecular weight is 870 g/mol. The molecule has 20 heteroatoms. The van der Waals surface area contributed by atoms with Gasteiger partial charge < -0.3 is 25.9 Å². The van der Waals surface area contributed by atoms with Gasteiger partial charge in [0.2, 0.25) is 11.8 Å². The topological polar surface area (TPSA) is 239 Å². The van der Waals surface area contributed by atoms with Crippen molar-refractivity contribution >= 4 is 93.5 Å². The summed E-state index contributed by atoms with van der Waals surface area (Å²) in [7, 11) is -6.03. The Balaban J connectivity index is 0.000000188. The molecule has 1 aromatic carbocycles. The van der Waals surface area contributed by atoms with Gasteiger partial charge in [-0.2, -0.15) is 0 Å². The van der Waals surface area contributed by atoms with Crippen LogP contribution < -0.4 is 16.0 Å². The van der Waals surface area contributed by atoms with Crippen molar-refractivity contribution in [3.63, 3.8) is 0 Å². The molecule has 3 aliphatic rings. The third-order valence-electron chi connectivity index (χ3n) is 10.5. The summed E-state index contributed by atoms with van der Waals surface area (Å²) in [5.41, 5.74) is 7.48. The van der Waals surface area contributed by atoms with E-state index in [0.29, 0.717) is 68.2 Å². The molecule has 4 aromatic heterocycles. The van der Waals surface area contributed by atoms with E-state index in [-0.39, 0.29) is 40.3 Å². The summed E-state index contributed by atoms with van der Waals surface area (Å²) < 4.78 is 44.8. The molecule has 16 nitrogen and oxygen atoms in total. The van der Waals surface area contributed by atoms with E-state index in [9.17, 15) is 31.2 Å². The van der Waals surface area contributed by atoms with E-state index in [0.717, 1.165) is 74.3 Å². The van der Waals surface area contributed by atoms with E-state index in [1.807, 2.05) is 18.2 Å². The standard InChI is InChI=1S/C23H25N5O4S2.C15H19ClN4O3S/c1-34(31,32)8-2-7-24-23(30)14-4-6-17-16(9-14)20-21(25-12-26-22(20)28-17)27-15-5-3-13-10-19(29)33-18(13)11-15;1-24(22,23)6-2-5-17-15(21)9-3-4-11-10(7-9)12-13(16)18-8-19-14(12)20-11/h3,5,11-12,14H,2,4,6-10H2,1H3,(H,24,30)(H2,25,26,27,28);8-9H,2-7H2,1H3,(H,17,21)(H,18,19,20). The lowest BCUT2D eigenvalue weighted by Crippen LogP contribution is -2.35. The fourth-order valence-corrected chi connectivity index (χ4v) is 10.2. The highest BCUT2D eigenvalue weighted by Crippen LogP contribution is 2.38. The highest BCUT2D eigenvalue weighted by Gasteiger charge is 2.30. The van der Waals surface area contributed by atoms with Crippen LogP contribution in [-0.4, -0.2) is 101 Å². The maximum Gasteiger partial charge on any atom is 0.223 e. The SMILES string of the molecule is CS(=O)(=O)CCCNC(=O)C1CCc2[nH]c3ncnc(Cl)c3c2C1.CS(=O)(=O)CCCNC(=O)C1CCc2[nH]c3ncnc(Nc4ccc5c(c4)SC(=O)C5)c3c2C1. The summed E-state index contributed by atoms with van der Waals surface area (Å²) in [5.74, 6) is 0.359. The quantitative estimate of drug-likeness (QED) is 0.0887. The second kappa shape index (κ2) is 17.3. The number of rotatable bonds is 12. The summed E-state index contributed by atoms with van der Waals surface area (Å²) in [6, 6.07) is 5.87. The largest absolute Gasteiger partial charge is 0.356 e. The average Bonchev–Trinajstić information content (AvgIpc) is 3.86. The van der Waals surface area contributed by atoms with Gasteiger partial charge in [-0.15, -0.1) is 0 Å². The number of H-pyrrole nitrogens is 2. The van der Waals surface area contributed by atoms with E-state index < -0.39 is 19.7 Å². The number of sulfone groups is 2. The Labute approximate surface area is 344 Å². The number of benzene rings is 1. The normalized spacial score (nSPS) is 17.5. The molecule has 2 amide bonds. The van der Waals surface area contributed by atoms with Crippen LogP contribution in [0.2, 0.25) is 5.15 Å². The Morgan fingerprint density at radius 1 is 0.810 bits per heavy atom. The molecular formula is C38H44ClN9O7S3. The molecule has 0 radical (unpaired) electrons. The molecule has 5 N–H and O–H groups in total. The summed E-state index contributed by atoms with van der Waals surface area (Å²) >= 11 is 7.44. The van der Waals surface area contributed by atoms with Crippen molar-refractivity contribution < 1.29 is 31.2 Å². The van der Waals surface area contributed by atoms with Crippen molar-refractivity contribution in [3.05, 3.63) is 64.1 Å². The number of hydrogen-bond donors (Lipinski definition) is 5. The van der Waals surface area contributed by atoms with Gasteiger partial charge in [-0.05, 0) is 80.2 Å². The molecule has 5 aromatic rings. The van der Waals surface area contributed by atoms with Crippen LogP contribution >= 0.6 is 23.4 Å². The minimum atomic E-state index is -3.03. The molecule has 8 rings (SSSR count). The third-order valence-corrected chi connectivity index (χ3v) is 13.8. The molecule has 0 saturated heterocycles. The number of halogens is 1. The molecule has 0 saturated carbocycles. The van der Waals surface area contributed by atoms with Crippen LogP contribution in [0.15, 0.2) is 35.7 Å². The molecule has 0 bridgehead atoms. The van der Waals surface area contributed by atoms with E-state index >= 15 is 0 Å².